The molecule has 0 radical (unpaired) electrons. The van der Waals surface area contributed by atoms with Crippen molar-refractivity contribution >= 4 is 83.1 Å². The van der Waals surface area contributed by atoms with Crippen molar-refractivity contribution in [3.05, 3.63) is 238 Å². The molecule has 147 heavy (non-hydrogen) atoms. The zero-order valence-electron chi connectivity index (χ0n) is 85.6. The van der Waals surface area contributed by atoms with Gasteiger partial charge in [-0.2, -0.15) is 0 Å². The van der Waals surface area contributed by atoms with Crippen LogP contribution < -0.4 is 10.6 Å². The van der Waals surface area contributed by atoms with Crippen LogP contribution in [0.15, 0.2) is 204 Å². The molecular formula is C114H138N2O31. The number of carboxylic acid groups (broad SMARTS) is 1. The van der Waals surface area contributed by atoms with Gasteiger partial charge in [0.05, 0.1) is 65.3 Å². The Morgan fingerprint density at radius 1 is 0.429 bits per heavy atom. The number of aliphatic hydroxyl groups is 5. The molecule has 4 saturated carbocycles. The molecule has 6 fully saturated rings. The number of Topliss-reactive ketones (excluding diaryl/α,β-unsaturated/α-hetero) is 2. The first-order chi connectivity index (χ1) is 69.8. The molecule has 790 valence electrons. The quantitative estimate of drug-likeness (QED) is 0.00769. The third kappa shape index (κ3) is 23.0. The normalized spacial score (nSPS) is 28.9. The fourth-order valence-electron chi connectivity index (χ4n) is 23.9. The van der Waals surface area contributed by atoms with Crippen molar-refractivity contribution in [2.24, 2.45) is 39.4 Å². The third-order valence-electron chi connectivity index (χ3n) is 31.8. The predicted octanol–water partition coefficient (Wildman–Crippen LogP) is 14.0. The van der Waals surface area contributed by atoms with E-state index in [1.54, 1.807) is 185 Å². The van der Waals surface area contributed by atoms with Crippen LogP contribution in [0.5, 0.6) is 0 Å². The Balaban J connectivity index is 0.000000258. The number of carbonyl (C=O) groups excluding carboxylic acids is 13. The van der Waals surface area contributed by atoms with Gasteiger partial charge in [0.15, 0.2) is 41.1 Å². The van der Waals surface area contributed by atoms with Crippen molar-refractivity contribution in [3.63, 3.8) is 0 Å². The van der Waals surface area contributed by atoms with Gasteiger partial charge < -0.3 is 93.4 Å². The molecule has 0 aromatic heterocycles. The van der Waals surface area contributed by atoms with Crippen molar-refractivity contribution in [1.82, 2.24) is 10.6 Å². The molecule has 2 saturated heterocycles. The van der Waals surface area contributed by atoms with Gasteiger partial charge in [-0.15, -0.1) is 0 Å². The number of ether oxygens (including phenoxy) is 11. The first kappa shape index (κ1) is 112. The smallest absolute Gasteiger partial charge is 0.350 e. The Hall–Kier alpha value is -12.5. The average molecular weight is 2030 g/mol. The van der Waals surface area contributed by atoms with E-state index >= 15 is 14.4 Å². The van der Waals surface area contributed by atoms with Gasteiger partial charge in [0, 0.05) is 88.2 Å². The van der Waals surface area contributed by atoms with E-state index in [1.807, 2.05) is 0 Å². The minimum absolute atomic E-state index is 0.00289. The monoisotopic (exact) mass is 2030 g/mol. The summed E-state index contributed by atoms with van der Waals surface area (Å²) >= 11 is 0. The van der Waals surface area contributed by atoms with Crippen LogP contribution in [0.25, 0.3) is 0 Å². The summed E-state index contributed by atoms with van der Waals surface area (Å²) in [6, 6.07) is 45.6. The number of amides is 2. The van der Waals surface area contributed by atoms with E-state index in [4.69, 9.17) is 52.1 Å². The highest BCUT2D eigenvalue weighted by atomic mass is 16.7. The molecule has 4 bridgehead atoms. The van der Waals surface area contributed by atoms with Gasteiger partial charge >= 0.3 is 59.7 Å². The lowest BCUT2D eigenvalue weighted by Crippen LogP contribution is -2.82. The Morgan fingerprint density at radius 3 is 1.12 bits per heavy atom. The number of unbranched alkanes of at least 4 members (excludes halogenated alkanes) is 12. The standard InChI is InChI=1S/C67H87NO17.C47H51NO14/c1-8-9-10-11-12-13-14-15-16-17-18-19-23-30-45(37-52(72)73)38-53(74)83-57(55(46-31-24-20-25-32-46)68-61(76)47-33-26-21-27-34-47)63(78)82-49-40-67(79)60(84-62(77)48-35-28-22-29-36-48)58-65(7,50(71)39-51-66(58,41-80-51)85-44(4)70)59(75)56(81-43(3)69)54(42(49)2)64(67,5)6;1-25-31(60-43(56)36(52)35(28-16-10-7-11-17-28)48-41(54)29-18-12-8-13-19-29)23-47(57)40(61-42(55)30-20-14-9-15-21-30)38-45(6,32(51)22-33-46(38,24-58-33)62-27(3)50)39(53)37(59-26(2)49)34(25)44(47,4)5/h20-22,24-29,31-36,45,49-51,55-58,60,71,79H,8-19,23,30,37-41H2,1-7H3,(H,68,76)(H,72,73);7-21,31-33,35-38,40,51-52,57H,22-24H2,1-6H3,(H,48,54)/t45?,49?,50-,51+,55?,56+,57+,58?,60-,65+,66-,67+;31?,32-,33+,35?,36+,37+,38?,40-,45+,46-,47+/m00/s1. The molecule has 33 heteroatoms. The molecule has 8 aliphatic rings. The van der Waals surface area contributed by atoms with Gasteiger partial charge in [-0.3, -0.25) is 47.9 Å². The minimum atomic E-state index is -2.50. The zero-order valence-corrected chi connectivity index (χ0v) is 85.6. The van der Waals surface area contributed by atoms with Gasteiger partial charge in [-0.05, 0) is 122 Å². The summed E-state index contributed by atoms with van der Waals surface area (Å²) in [4.78, 5) is 197. The van der Waals surface area contributed by atoms with Crippen LogP contribution in [0.2, 0.25) is 0 Å². The number of aliphatic carboxylic acids is 1. The van der Waals surface area contributed by atoms with E-state index in [-0.39, 0.29) is 77.0 Å². The summed E-state index contributed by atoms with van der Waals surface area (Å²) in [5.74, 6) is -16.8. The van der Waals surface area contributed by atoms with Crippen LogP contribution in [-0.4, -0.2) is 223 Å². The molecule has 33 nitrogen and oxygen atoms in total. The highest BCUT2D eigenvalue weighted by molar-refractivity contribution is 5.99. The number of carbonyl (C=O) groups is 14. The minimum Gasteiger partial charge on any atom is -0.481 e. The SMILES string of the molecule is CC(=O)O[C@H]1C(=O)[C@@]2(C)C([C@H](OC(=O)c3ccccc3)[C@]3(O)CC(OC(=O)[C@H](O)C(NC(=O)c4ccccc4)c4ccccc4)C(C)=C1C3(C)C)[C@]1(OC(C)=O)CO[C@@H]1C[C@@H]2O.CCCCCCCCCCCCCCCC(CC(=O)O)CC(=O)O[C@@H](C(=O)OC1C[C@@]2(O)[C@@H](OC(=O)c3ccccc3)C3[C@](C)(C(=O)[C@H](OC(C)=O)C(=C1C)C2(C)C)[C@@H](O)C[C@H]1OC[C@@]31OC(C)=O)C(NC(=O)c1ccccc1)c1ccccc1. The van der Waals surface area contributed by atoms with Crippen molar-refractivity contribution < 1.29 is 150 Å². The number of esters is 9. The zero-order chi connectivity index (χ0) is 107. The number of hydrogen-bond acceptors (Lipinski definition) is 30. The first-order valence-electron chi connectivity index (χ1n) is 50.9. The molecule has 6 aliphatic carbocycles. The number of fused-ring (bicyclic) bond motifs is 10. The Morgan fingerprint density at radius 2 is 0.769 bits per heavy atom. The molecule has 7 unspecified atom stereocenters. The molecule has 2 heterocycles. The van der Waals surface area contributed by atoms with Gasteiger partial charge in [0.1, 0.15) is 53.9 Å². The molecule has 2 aliphatic heterocycles. The predicted molar refractivity (Wildman–Crippen MR) is 530 cm³/mol. The fourth-order valence-corrected chi connectivity index (χ4v) is 23.9. The van der Waals surface area contributed by atoms with Gasteiger partial charge in [0.2, 0.25) is 6.10 Å². The second-order valence-electron chi connectivity index (χ2n) is 41.9. The summed E-state index contributed by atoms with van der Waals surface area (Å²) < 4.78 is 67.6. The number of ketones is 2. The number of aliphatic hydroxyl groups excluding tert-OH is 3. The highest BCUT2D eigenvalue weighted by Crippen LogP contribution is 2.67. The van der Waals surface area contributed by atoms with Crippen LogP contribution in [0, 0.1) is 39.4 Å². The average Bonchev–Trinajstić information content (AvgIpc) is 0.669. The van der Waals surface area contributed by atoms with E-state index in [0.717, 1.165) is 59.8 Å². The van der Waals surface area contributed by atoms with E-state index in [0.29, 0.717) is 24.0 Å². The van der Waals surface area contributed by atoms with Crippen molar-refractivity contribution in [3.8, 4) is 0 Å². The van der Waals surface area contributed by atoms with Crippen LogP contribution in [0.3, 0.4) is 0 Å². The third-order valence-corrected chi connectivity index (χ3v) is 31.8. The number of rotatable bonds is 39. The molecule has 6 aromatic rings. The number of benzene rings is 6. The summed E-state index contributed by atoms with van der Waals surface area (Å²) in [7, 11) is 0. The maximum Gasteiger partial charge on any atom is 0.350 e. The second-order valence-corrected chi connectivity index (χ2v) is 41.9. The van der Waals surface area contributed by atoms with Crippen molar-refractivity contribution in [1.29, 1.82) is 0 Å². The summed E-state index contributed by atoms with van der Waals surface area (Å²) in [5.41, 5.74) is -14.7. The molecule has 2 amide bonds. The molecule has 14 rings (SSSR count). The lowest BCUT2D eigenvalue weighted by Gasteiger charge is -2.67. The number of nitrogens with one attached hydrogen (secondary N) is 2. The maximum absolute atomic E-state index is 15.9. The van der Waals surface area contributed by atoms with E-state index < -0.39 is 249 Å². The highest BCUT2D eigenvalue weighted by Gasteiger charge is 2.81. The molecule has 23 atom stereocenters. The van der Waals surface area contributed by atoms with Crippen molar-refractivity contribution in [2.45, 2.75) is 326 Å². The van der Waals surface area contributed by atoms with Crippen molar-refractivity contribution in [2.75, 3.05) is 13.2 Å². The maximum atomic E-state index is 15.9. The number of carboxylic acids is 1. The largest absolute Gasteiger partial charge is 0.481 e. The fraction of sp³-hybridized carbons (Fsp3) is 0.526. The van der Waals surface area contributed by atoms with Gasteiger partial charge in [0.25, 0.3) is 11.8 Å². The molecule has 0 spiro atoms. The van der Waals surface area contributed by atoms with Crippen LogP contribution in [0.1, 0.15) is 283 Å². The molecule has 8 N–H and O–H groups in total. The van der Waals surface area contributed by atoms with Gasteiger partial charge in [-0.25, -0.2) is 19.2 Å². The van der Waals surface area contributed by atoms with Crippen LogP contribution in [-0.2, 0) is 100 Å². The van der Waals surface area contributed by atoms with Crippen LogP contribution >= 0.6 is 0 Å². The Labute approximate surface area is 855 Å². The lowest BCUT2D eigenvalue weighted by molar-refractivity contribution is -0.346. The number of hydrogen-bond donors (Lipinski definition) is 8. The lowest BCUT2D eigenvalue weighted by atomic mass is 9.44. The Kier molecular flexibility index (Phi) is 35.6. The summed E-state index contributed by atoms with van der Waals surface area (Å²) in [6.07, 6.45) is -7.44. The molecular weight excluding hydrogens is 1890 g/mol. The van der Waals surface area contributed by atoms with E-state index in [9.17, 15) is 83.4 Å². The summed E-state index contributed by atoms with van der Waals surface area (Å²) in [5, 5.41) is 79.6. The second kappa shape index (κ2) is 46.9. The topological polar surface area (TPSA) is 486 Å². The summed E-state index contributed by atoms with van der Waals surface area (Å²) in [6.45, 7) is 18.0. The van der Waals surface area contributed by atoms with E-state index in [2.05, 4.69) is 17.6 Å². The van der Waals surface area contributed by atoms with E-state index in [1.165, 1.54) is 96.9 Å². The Bertz CT molecular complexity index is 5840. The first-order valence-corrected chi connectivity index (χ1v) is 50.9. The van der Waals surface area contributed by atoms with Crippen LogP contribution in [0.4, 0.5) is 0 Å². The molecule has 6 aromatic carbocycles. The van der Waals surface area contributed by atoms with Gasteiger partial charge in [-0.1, -0.05) is 252 Å².